The lowest BCUT2D eigenvalue weighted by molar-refractivity contribution is 0.142. The number of rotatable bonds is 1. The van der Waals surface area contributed by atoms with Gasteiger partial charge >= 0.3 is 6.09 Å². The minimum Gasteiger partial charge on any atom is -0.465 e. The smallest absolute Gasteiger partial charge is 0.407 e. The number of fused-ring (bicyclic) bond motifs is 1. The molecule has 2 aromatic rings. The van der Waals surface area contributed by atoms with E-state index in [0.29, 0.717) is 26.2 Å². The van der Waals surface area contributed by atoms with E-state index in [-0.39, 0.29) is 0 Å². The van der Waals surface area contributed by atoms with Crippen LogP contribution in [0.25, 0.3) is 11.0 Å². The van der Waals surface area contributed by atoms with Crippen molar-refractivity contribution in [3.8, 4) is 0 Å². The van der Waals surface area contributed by atoms with E-state index in [9.17, 15) is 4.79 Å². The topological polar surface area (TPSA) is 69.8 Å². The second kappa shape index (κ2) is 4.73. The average molecular weight is 326 g/mol. The van der Waals surface area contributed by atoms with Gasteiger partial charge in [0.1, 0.15) is 0 Å². The maximum atomic E-state index is 10.9. The molecule has 100 valence electrons. The fourth-order valence-electron chi connectivity index (χ4n) is 2.24. The number of carbonyl (C=O) groups is 1. The summed E-state index contributed by atoms with van der Waals surface area (Å²) in [6.45, 7) is 2.23. The second-order valence-corrected chi connectivity index (χ2v) is 5.32. The van der Waals surface area contributed by atoms with E-state index in [0.717, 1.165) is 21.3 Å². The fourth-order valence-corrected chi connectivity index (χ4v) is 2.58. The van der Waals surface area contributed by atoms with Crippen molar-refractivity contribution in [2.75, 3.05) is 31.1 Å². The highest BCUT2D eigenvalue weighted by atomic mass is 79.9. The minimum absolute atomic E-state index is 0.486. The summed E-state index contributed by atoms with van der Waals surface area (Å²) in [6.07, 6.45) is -0.867. The molecule has 6 nitrogen and oxygen atoms in total. The minimum atomic E-state index is -0.867. The summed E-state index contributed by atoms with van der Waals surface area (Å²) < 4.78 is 6.25. The summed E-state index contributed by atoms with van der Waals surface area (Å²) in [4.78, 5) is 14.3. The van der Waals surface area contributed by atoms with Crippen molar-refractivity contribution in [3.05, 3.63) is 22.7 Å². The number of carboxylic acid groups (broad SMARTS) is 1. The number of hydrogen-bond donors (Lipinski definition) is 1. The number of halogens is 1. The van der Waals surface area contributed by atoms with E-state index in [4.69, 9.17) is 9.63 Å². The van der Waals surface area contributed by atoms with Crippen molar-refractivity contribution in [1.29, 1.82) is 0 Å². The van der Waals surface area contributed by atoms with E-state index >= 15 is 0 Å². The Hall–Kier alpha value is -1.76. The molecule has 3 rings (SSSR count). The first-order chi connectivity index (χ1) is 9.15. The molecule has 0 aliphatic carbocycles. The van der Waals surface area contributed by atoms with Crippen LogP contribution in [0.4, 0.5) is 10.6 Å². The van der Waals surface area contributed by atoms with Gasteiger partial charge in [-0.05, 0) is 18.2 Å². The van der Waals surface area contributed by atoms with Crippen molar-refractivity contribution in [1.82, 2.24) is 10.1 Å². The Morgan fingerprint density at radius 2 is 2.05 bits per heavy atom. The van der Waals surface area contributed by atoms with E-state index in [2.05, 4.69) is 26.0 Å². The Labute approximate surface area is 117 Å². The molecule has 1 amide bonds. The van der Waals surface area contributed by atoms with Gasteiger partial charge in [-0.3, -0.25) is 0 Å². The number of aromatic nitrogens is 1. The first-order valence-corrected chi connectivity index (χ1v) is 6.72. The molecule has 0 radical (unpaired) electrons. The van der Waals surface area contributed by atoms with E-state index < -0.39 is 6.09 Å². The van der Waals surface area contributed by atoms with Crippen LogP contribution in [0.1, 0.15) is 0 Å². The SMILES string of the molecule is O=C(O)N1CCN(c2noc3cc(Br)ccc23)CC1. The molecule has 1 saturated heterocycles. The molecule has 0 spiro atoms. The Balaban J connectivity index is 1.84. The molecule has 0 saturated carbocycles. The molecular weight excluding hydrogens is 314 g/mol. The maximum Gasteiger partial charge on any atom is 0.407 e. The molecule has 0 atom stereocenters. The summed E-state index contributed by atoms with van der Waals surface area (Å²) in [5.74, 6) is 0.785. The Kier molecular flexibility index (Phi) is 3.06. The second-order valence-electron chi connectivity index (χ2n) is 4.40. The summed E-state index contributed by atoms with van der Waals surface area (Å²) in [6, 6.07) is 5.77. The highest BCUT2D eigenvalue weighted by molar-refractivity contribution is 9.10. The zero-order valence-corrected chi connectivity index (χ0v) is 11.6. The van der Waals surface area contributed by atoms with Crippen LogP contribution >= 0.6 is 15.9 Å². The lowest BCUT2D eigenvalue weighted by Crippen LogP contribution is -2.48. The lowest BCUT2D eigenvalue weighted by Gasteiger charge is -2.32. The van der Waals surface area contributed by atoms with Gasteiger partial charge in [0.05, 0.1) is 5.39 Å². The predicted octanol–water partition coefficient (Wildman–Crippen LogP) is 2.39. The van der Waals surface area contributed by atoms with Crippen LogP contribution in [0.15, 0.2) is 27.2 Å². The molecular formula is C12H12BrN3O3. The first-order valence-electron chi connectivity index (χ1n) is 5.93. The van der Waals surface area contributed by atoms with Gasteiger partial charge in [-0.1, -0.05) is 21.1 Å². The number of nitrogens with zero attached hydrogens (tertiary/aromatic N) is 3. The molecule has 1 N–H and O–H groups in total. The van der Waals surface area contributed by atoms with E-state index in [1.54, 1.807) is 0 Å². The Morgan fingerprint density at radius 1 is 1.32 bits per heavy atom. The quantitative estimate of drug-likeness (QED) is 0.871. The van der Waals surface area contributed by atoms with Crippen LogP contribution in [0.3, 0.4) is 0 Å². The molecule has 19 heavy (non-hydrogen) atoms. The van der Waals surface area contributed by atoms with Gasteiger partial charge in [-0.2, -0.15) is 0 Å². The van der Waals surface area contributed by atoms with Gasteiger partial charge < -0.3 is 19.4 Å². The monoisotopic (exact) mass is 325 g/mol. The highest BCUT2D eigenvalue weighted by Gasteiger charge is 2.23. The average Bonchev–Trinajstić information content (AvgIpc) is 2.81. The van der Waals surface area contributed by atoms with Crippen molar-refractivity contribution in [2.45, 2.75) is 0 Å². The Bertz CT molecular complexity index is 620. The van der Waals surface area contributed by atoms with Gasteiger partial charge in [0, 0.05) is 30.7 Å². The van der Waals surface area contributed by atoms with Crippen molar-refractivity contribution in [2.24, 2.45) is 0 Å². The number of anilines is 1. The standard InChI is InChI=1S/C12H12BrN3O3/c13-8-1-2-9-10(7-8)19-14-11(9)15-3-5-16(6-4-15)12(17)18/h1-2,7H,3-6H2,(H,17,18). The van der Waals surface area contributed by atoms with Crippen LogP contribution in [0.2, 0.25) is 0 Å². The van der Waals surface area contributed by atoms with Gasteiger partial charge in [0.15, 0.2) is 11.4 Å². The van der Waals surface area contributed by atoms with Crippen LogP contribution in [0.5, 0.6) is 0 Å². The molecule has 0 bridgehead atoms. The van der Waals surface area contributed by atoms with Crippen molar-refractivity contribution < 1.29 is 14.4 Å². The van der Waals surface area contributed by atoms with Gasteiger partial charge in [-0.25, -0.2) is 4.79 Å². The number of benzene rings is 1. The van der Waals surface area contributed by atoms with Gasteiger partial charge in [-0.15, -0.1) is 0 Å². The molecule has 1 fully saturated rings. The van der Waals surface area contributed by atoms with Crippen LogP contribution in [0, 0.1) is 0 Å². The highest BCUT2D eigenvalue weighted by Crippen LogP contribution is 2.29. The van der Waals surface area contributed by atoms with E-state index in [1.807, 2.05) is 18.2 Å². The molecule has 1 aromatic heterocycles. The number of hydrogen-bond acceptors (Lipinski definition) is 4. The summed E-state index contributed by atoms with van der Waals surface area (Å²) in [5.41, 5.74) is 0.727. The molecule has 2 heterocycles. The van der Waals surface area contributed by atoms with Gasteiger partial charge in [0.25, 0.3) is 0 Å². The third-order valence-corrected chi connectivity index (χ3v) is 3.76. The zero-order valence-electron chi connectivity index (χ0n) is 10.0. The third kappa shape index (κ3) is 2.25. The number of piperazine rings is 1. The molecule has 1 aromatic carbocycles. The van der Waals surface area contributed by atoms with Crippen LogP contribution in [-0.2, 0) is 0 Å². The summed E-state index contributed by atoms with van der Waals surface area (Å²) in [7, 11) is 0. The lowest BCUT2D eigenvalue weighted by atomic mass is 10.2. The number of amides is 1. The summed E-state index contributed by atoms with van der Waals surface area (Å²) >= 11 is 3.39. The third-order valence-electron chi connectivity index (χ3n) is 3.26. The molecule has 7 heteroatoms. The predicted molar refractivity (Wildman–Crippen MR) is 73.5 cm³/mol. The first kappa shape index (κ1) is 12.3. The Morgan fingerprint density at radius 3 is 2.74 bits per heavy atom. The van der Waals surface area contributed by atoms with Gasteiger partial charge in [0.2, 0.25) is 0 Å². The zero-order chi connectivity index (χ0) is 13.4. The van der Waals surface area contributed by atoms with Crippen molar-refractivity contribution in [3.63, 3.8) is 0 Å². The van der Waals surface area contributed by atoms with Crippen LogP contribution < -0.4 is 4.90 Å². The molecule has 1 aliphatic rings. The maximum absolute atomic E-state index is 10.9. The fraction of sp³-hybridized carbons (Fsp3) is 0.333. The van der Waals surface area contributed by atoms with Crippen LogP contribution in [-0.4, -0.2) is 47.4 Å². The summed E-state index contributed by atoms with van der Waals surface area (Å²) in [5, 5.41) is 14.0. The molecule has 1 aliphatic heterocycles. The van der Waals surface area contributed by atoms with Crippen molar-refractivity contribution >= 4 is 38.8 Å². The molecule has 0 unspecified atom stereocenters. The normalized spacial score (nSPS) is 16.1. The van der Waals surface area contributed by atoms with E-state index in [1.165, 1.54) is 4.90 Å². The largest absolute Gasteiger partial charge is 0.465 e.